The zero-order chi connectivity index (χ0) is 15.1. The van der Waals surface area contributed by atoms with Crippen LogP contribution in [-0.2, 0) is 4.74 Å². The summed E-state index contributed by atoms with van der Waals surface area (Å²) in [7, 11) is 1.87. The first-order chi connectivity index (χ1) is 10.2. The Morgan fingerprint density at radius 3 is 2.67 bits per heavy atom. The minimum Gasteiger partial charge on any atom is -0.380 e. The fourth-order valence-electron chi connectivity index (χ4n) is 4.12. The lowest BCUT2D eigenvalue weighted by molar-refractivity contribution is 0.00377. The first kappa shape index (κ1) is 17.2. The molecule has 0 amide bonds. The van der Waals surface area contributed by atoms with Gasteiger partial charge in [0, 0.05) is 26.7 Å². The molecule has 1 aliphatic carbocycles. The van der Waals surface area contributed by atoms with Crippen molar-refractivity contribution in [2.24, 2.45) is 11.3 Å². The van der Waals surface area contributed by atoms with Crippen LogP contribution in [0.3, 0.4) is 0 Å². The lowest BCUT2D eigenvalue weighted by Gasteiger charge is -2.45. The van der Waals surface area contributed by atoms with Crippen LogP contribution in [0.15, 0.2) is 0 Å². The number of piperidine rings is 1. The highest BCUT2D eigenvalue weighted by Gasteiger charge is 2.36. The topological polar surface area (TPSA) is 24.5 Å². The van der Waals surface area contributed by atoms with Crippen LogP contribution in [-0.4, -0.2) is 50.8 Å². The van der Waals surface area contributed by atoms with E-state index in [1.807, 2.05) is 7.11 Å². The molecule has 1 saturated carbocycles. The minimum absolute atomic E-state index is 0.460. The largest absolute Gasteiger partial charge is 0.380 e. The molecule has 0 spiro atoms. The number of nitrogens with zero attached hydrogens (tertiary/aromatic N) is 1. The van der Waals surface area contributed by atoms with Crippen molar-refractivity contribution in [3.05, 3.63) is 0 Å². The molecule has 1 N–H and O–H groups in total. The molecule has 3 heteroatoms. The van der Waals surface area contributed by atoms with Gasteiger partial charge in [0.15, 0.2) is 0 Å². The molecule has 0 aromatic carbocycles. The van der Waals surface area contributed by atoms with Crippen molar-refractivity contribution in [3.63, 3.8) is 0 Å². The van der Waals surface area contributed by atoms with Gasteiger partial charge in [-0.15, -0.1) is 0 Å². The standard InChI is InChI=1S/C18H36N2O/c1-4-11-19-14-18(9-7-16(2)8-10-18)15-20-12-5-6-17(13-20)21-3/h16-17,19H,4-15H2,1-3H3. The molecule has 1 aliphatic heterocycles. The van der Waals surface area contributed by atoms with Gasteiger partial charge in [-0.05, 0) is 56.5 Å². The number of hydrogen-bond acceptors (Lipinski definition) is 3. The van der Waals surface area contributed by atoms with Gasteiger partial charge in [0.05, 0.1) is 6.10 Å². The highest BCUT2D eigenvalue weighted by Crippen LogP contribution is 2.39. The number of hydrogen-bond donors (Lipinski definition) is 1. The summed E-state index contributed by atoms with van der Waals surface area (Å²) in [5.41, 5.74) is 0.511. The Bertz CT molecular complexity index is 287. The number of rotatable bonds is 7. The second-order valence-electron chi connectivity index (χ2n) is 7.59. The summed E-state index contributed by atoms with van der Waals surface area (Å²) in [6, 6.07) is 0. The Kier molecular flexibility index (Phi) is 6.97. The van der Waals surface area contributed by atoms with E-state index >= 15 is 0 Å². The summed E-state index contributed by atoms with van der Waals surface area (Å²) in [5, 5.41) is 3.72. The van der Waals surface area contributed by atoms with E-state index in [2.05, 4.69) is 24.1 Å². The highest BCUT2D eigenvalue weighted by molar-refractivity contribution is 4.90. The lowest BCUT2D eigenvalue weighted by atomic mass is 9.70. The normalized spacial score (nSPS) is 35.0. The van der Waals surface area contributed by atoms with Crippen LogP contribution in [0.25, 0.3) is 0 Å². The van der Waals surface area contributed by atoms with E-state index in [1.165, 1.54) is 64.6 Å². The van der Waals surface area contributed by atoms with E-state index in [0.29, 0.717) is 11.5 Å². The number of nitrogens with one attached hydrogen (secondary N) is 1. The summed E-state index contributed by atoms with van der Waals surface area (Å²) in [5.74, 6) is 0.928. The molecule has 2 fully saturated rings. The maximum Gasteiger partial charge on any atom is 0.0698 e. The molecule has 1 unspecified atom stereocenters. The molecular weight excluding hydrogens is 260 g/mol. The van der Waals surface area contributed by atoms with E-state index < -0.39 is 0 Å². The Labute approximate surface area is 131 Å². The van der Waals surface area contributed by atoms with E-state index in [4.69, 9.17) is 4.74 Å². The van der Waals surface area contributed by atoms with Gasteiger partial charge in [0.25, 0.3) is 0 Å². The van der Waals surface area contributed by atoms with Gasteiger partial charge in [-0.1, -0.05) is 26.7 Å². The van der Waals surface area contributed by atoms with Gasteiger partial charge >= 0.3 is 0 Å². The summed E-state index contributed by atoms with van der Waals surface area (Å²) in [4.78, 5) is 2.68. The fourth-order valence-corrected chi connectivity index (χ4v) is 4.12. The smallest absolute Gasteiger partial charge is 0.0698 e. The summed E-state index contributed by atoms with van der Waals surface area (Å²) in [6.45, 7) is 10.7. The van der Waals surface area contributed by atoms with Crippen molar-refractivity contribution >= 4 is 0 Å². The summed E-state index contributed by atoms with van der Waals surface area (Å²) >= 11 is 0. The van der Waals surface area contributed by atoms with E-state index in [9.17, 15) is 0 Å². The van der Waals surface area contributed by atoms with Crippen LogP contribution >= 0.6 is 0 Å². The minimum atomic E-state index is 0.460. The molecule has 21 heavy (non-hydrogen) atoms. The third-order valence-corrected chi connectivity index (χ3v) is 5.62. The SMILES string of the molecule is CCCNCC1(CN2CCCC(OC)C2)CCC(C)CC1. The molecule has 0 bridgehead atoms. The van der Waals surface area contributed by atoms with Crippen molar-refractivity contribution < 1.29 is 4.74 Å². The fraction of sp³-hybridized carbons (Fsp3) is 1.00. The lowest BCUT2D eigenvalue weighted by Crippen LogP contribution is -2.50. The highest BCUT2D eigenvalue weighted by atomic mass is 16.5. The van der Waals surface area contributed by atoms with Gasteiger partial charge in [0.1, 0.15) is 0 Å². The first-order valence-corrected chi connectivity index (χ1v) is 9.13. The molecule has 3 nitrogen and oxygen atoms in total. The maximum atomic E-state index is 5.60. The Morgan fingerprint density at radius 1 is 1.24 bits per heavy atom. The van der Waals surface area contributed by atoms with Crippen LogP contribution < -0.4 is 5.32 Å². The van der Waals surface area contributed by atoms with Crippen molar-refractivity contribution in [1.29, 1.82) is 0 Å². The van der Waals surface area contributed by atoms with Crippen molar-refractivity contribution in [2.75, 3.05) is 39.8 Å². The van der Waals surface area contributed by atoms with Gasteiger partial charge in [0.2, 0.25) is 0 Å². The maximum absolute atomic E-state index is 5.60. The zero-order valence-corrected chi connectivity index (χ0v) is 14.5. The predicted molar refractivity (Wildman–Crippen MR) is 89.7 cm³/mol. The molecule has 0 aromatic rings. The average Bonchev–Trinajstić information content (AvgIpc) is 2.51. The van der Waals surface area contributed by atoms with Crippen LogP contribution in [0.1, 0.15) is 58.8 Å². The van der Waals surface area contributed by atoms with E-state index in [0.717, 1.165) is 19.0 Å². The first-order valence-electron chi connectivity index (χ1n) is 9.13. The third-order valence-electron chi connectivity index (χ3n) is 5.62. The van der Waals surface area contributed by atoms with Gasteiger partial charge in [-0.2, -0.15) is 0 Å². The van der Waals surface area contributed by atoms with Crippen molar-refractivity contribution in [3.8, 4) is 0 Å². The van der Waals surface area contributed by atoms with Crippen LogP contribution in [0.2, 0.25) is 0 Å². The molecule has 1 heterocycles. The molecule has 1 atom stereocenters. The van der Waals surface area contributed by atoms with Gasteiger partial charge in [-0.25, -0.2) is 0 Å². The average molecular weight is 296 g/mol. The Morgan fingerprint density at radius 2 is 2.00 bits per heavy atom. The molecule has 2 rings (SSSR count). The third kappa shape index (κ3) is 5.22. The van der Waals surface area contributed by atoms with Crippen LogP contribution in [0.4, 0.5) is 0 Å². The molecule has 0 aromatic heterocycles. The summed E-state index contributed by atoms with van der Waals surface area (Å²) in [6.07, 6.45) is 9.87. The second-order valence-corrected chi connectivity index (χ2v) is 7.59. The van der Waals surface area contributed by atoms with Crippen LogP contribution in [0.5, 0.6) is 0 Å². The second kappa shape index (κ2) is 8.50. The predicted octanol–water partition coefficient (Wildman–Crippen LogP) is 3.29. The monoisotopic (exact) mass is 296 g/mol. The zero-order valence-electron chi connectivity index (χ0n) is 14.5. The van der Waals surface area contributed by atoms with Gasteiger partial charge < -0.3 is 15.0 Å². The number of methoxy groups -OCH3 is 1. The number of likely N-dealkylation sites (tertiary alicyclic amines) is 1. The Hall–Kier alpha value is -0.120. The Balaban J connectivity index is 1.91. The van der Waals surface area contributed by atoms with Gasteiger partial charge in [-0.3, -0.25) is 0 Å². The molecule has 2 aliphatic rings. The quantitative estimate of drug-likeness (QED) is 0.730. The molecule has 1 saturated heterocycles. The number of ether oxygens (including phenoxy) is 1. The van der Waals surface area contributed by atoms with Crippen molar-refractivity contribution in [2.45, 2.75) is 64.9 Å². The molecule has 0 radical (unpaired) electrons. The molecular formula is C18H36N2O. The van der Waals surface area contributed by atoms with E-state index in [1.54, 1.807) is 0 Å². The molecule has 124 valence electrons. The van der Waals surface area contributed by atoms with Crippen molar-refractivity contribution in [1.82, 2.24) is 10.2 Å². The summed E-state index contributed by atoms with van der Waals surface area (Å²) < 4.78 is 5.60. The van der Waals surface area contributed by atoms with Crippen LogP contribution in [0, 0.1) is 11.3 Å². The van der Waals surface area contributed by atoms with E-state index in [-0.39, 0.29) is 0 Å².